The summed E-state index contributed by atoms with van der Waals surface area (Å²) in [5, 5.41) is 2.77. The molecule has 7 heteroatoms. The van der Waals surface area contributed by atoms with Gasteiger partial charge in [0.05, 0.1) is 23.4 Å². The third-order valence-corrected chi connectivity index (χ3v) is 4.51. The van der Waals surface area contributed by atoms with Crippen molar-refractivity contribution in [3.63, 3.8) is 0 Å². The van der Waals surface area contributed by atoms with E-state index in [2.05, 4.69) is 27.1 Å². The molecule has 0 bridgehead atoms. The van der Waals surface area contributed by atoms with Crippen LogP contribution in [0.3, 0.4) is 0 Å². The molecule has 1 aliphatic heterocycles. The van der Waals surface area contributed by atoms with Gasteiger partial charge in [-0.2, -0.15) is 0 Å². The van der Waals surface area contributed by atoms with Crippen molar-refractivity contribution in [3.8, 4) is 0 Å². The molecule has 27 heavy (non-hydrogen) atoms. The molecule has 3 rings (SSSR count). The lowest BCUT2D eigenvalue weighted by Gasteiger charge is -2.33. The molecule has 1 N–H and O–H groups in total. The quantitative estimate of drug-likeness (QED) is 0.816. The molecule has 0 unspecified atom stereocenters. The van der Waals surface area contributed by atoms with Gasteiger partial charge in [0.1, 0.15) is 5.82 Å². The first kappa shape index (κ1) is 18.8. The van der Waals surface area contributed by atoms with E-state index in [9.17, 15) is 9.59 Å². The molecule has 2 aromatic rings. The molecule has 7 nitrogen and oxygen atoms in total. The number of aromatic nitrogens is 1. The number of ether oxygens (including phenoxy) is 1. The second-order valence-electron chi connectivity index (χ2n) is 6.42. The van der Waals surface area contributed by atoms with E-state index >= 15 is 0 Å². The van der Waals surface area contributed by atoms with Crippen molar-refractivity contribution in [1.29, 1.82) is 0 Å². The van der Waals surface area contributed by atoms with E-state index in [1.807, 2.05) is 6.07 Å². The van der Waals surface area contributed by atoms with Crippen molar-refractivity contribution >= 4 is 23.4 Å². The summed E-state index contributed by atoms with van der Waals surface area (Å²) >= 11 is 0. The Labute approximate surface area is 158 Å². The number of amides is 1. The van der Waals surface area contributed by atoms with Crippen LogP contribution in [0.25, 0.3) is 0 Å². The molecule has 142 valence electrons. The van der Waals surface area contributed by atoms with E-state index in [0.717, 1.165) is 32.0 Å². The van der Waals surface area contributed by atoms with Crippen LogP contribution in [0.5, 0.6) is 0 Å². The van der Waals surface area contributed by atoms with E-state index in [1.54, 1.807) is 43.5 Å². The van der Waals surface area contributed by atoms with Crippen LogP contribution in [-0.2, 0) is 4.74 Å². The first-order valence-corrected chi connectivity index (χ1v) is 9.05. The first-order chi connectivity index (χ1) is 13.1. The van der Waals surface area contributed by atoms with Crippen LogP contribution in [-0.4, -0.2) is 61.6 Å². The van der Waals surface area contributed by atoms with Gasteiger partial charge in [0.25, 0.3) is 5.91 Å². The van der Waals surface area contributed by atoms with Crippen LogP contribution in [0.1, 0.15) is 27.6 Å². The summed E-state index contributed by atoms with van der Waals surface area (Å²) in [5.41, 5.74) is 1.19. The highest BCUT2D eigenvalue weighted by Gasteiger charge is 2.17. The minimum absolute atomic E-state index is 0.277. The summed E-state index contributed by atoms with van der Waals surface area (Å²) < 4.78 is 5.03. The first-order valence-electron chi connectivity index (χ1n) is 9.05. The van der Waals surface area contributed by atoms with Crippen LogP contribution in [0.4, 0.5) is 11.5 Å². The molecule has 2 heterocycles. The number of pyridine rings is 1. The van der Waals surface area contributed by atoms with Crippen LogP contribution in [0.2, 0.25) is 0 Å². The molecule has 1 aromatic heterocycles. The number of esters is 1. The number of hydrogen-bond acceptors (Lipinski definition) is 6. The van der Waals surface area contributed by atoms with E-state index in [-0.39, 0.29) is 12.5 Å². The van der Waals surface area contributed by atoms with Gasteiger partial charge >= 0.3 is 5.97 Å². The van der Waals surface area contributed by atoms with Gasteiger partial charge in [0.2, 0.25) is 0 Å². The van der Waals surface area contributed by atoms with Crippen LogP contribution in [0, 0.1) is 0 Å². The van der Waals surface area contributed by atoms with E-state index in [0.29, 0.717) is 16.8 Å². The number of para-hydroxylation sites is 1. The van der Waals surface area contributed by atoms with Gasteiger partial charge in [-0.05, 0) is 38.2 Å². The second-order valence-corrected chi connectivity index (χ2v) is 6.42. The normalized spacial score (nSPS) is 14.7. The largest absolute Gasteiger partial charge is 0.462 e. The third-order valence-electron chi connectivity index (χ3n) is 4.51. The van der Waals surface area contributed by atoms with Gasteiger partial charge in [0.15, 0.2) is 0 Å². The fraction of sp³-hybridized carbons (Fsp3) is 0.350. The minimum atomic E-state index is -0.461. The number of rotatable bonds is 5. The SMILES string of the molecule is CCOC(=O)c1ccccc1NC(=O)c1ccc(N2CCN(C)CC2)nc1. The molecule has 1 aromatic carbocycles. The minimum Gasteiger partial charge on any atom is -0.462 e. The Kier molecular flexibility index (Phi) is 6.03. The summed E-state index contributed by atoms with van der Waals surface area (Å²) in [6.45, 7) is 5.85. The Morgan fingerprint density at radius 3 is 2.52 bits per heavy atom. The zero-order chi connectivity index (χ0) is 19.2. The van der Waals surface area contributed by atoms with Gasteiger partial charge in [-0.25, -0.2) is 9.78 Å². The molecule has 0 aliphatic carbocycles. The topological polar surface area (TPSA) is 74.8 Å². The standard InChI is InChI=1S/C20H24N4O3/c1-3-27-20(26)16-6-4-5-7-17(16)22-19(25)15-8-9-18(21-14-15)24-12-10-23(2)11-13-24/h4-9,14H,3,10-13H2,1-2H3,(H,22,25). The van der Waals surface area contributed by atoms with Gasteiger partial charge in [-0.1, -0.05) is 12.1 Å². The molecule has 0 atom stereocenters. The zero-order valence-corrected chi connectivity index (χ0v) is 15.6. The number of piperazine rings is 1. The highest BCUT2D eigenvalue weighted by molar-refractivity contribution is 6.07. The number of carbonyl (C=O) groups excluding carboxylic acids is 2. The van der Waals surface area contributed by atoms with Gasteiger partial charge in [-0.15, -0.1) is 0 Å². The summed E-state index contributed by atoms with van der Waals surface area (Å²) in [6.07, 6.45) is 1.57. The van der Waals surface area contributed by atoms with Crippen molar-refractivity contribution in [2.75, 3.05) is 50.1 Å². The maximum Gasteiger partial charge on any atom is 0.340 e. The molecule has 1 amide bonds. The number of anilines is 2. The molecule has 0 spiro atoms. The Bertz CT molecular complexity index is 799. The average molecular weight is 368 g/mol. The smallest absolute Gasteiger partial charge is 0.340 e. The Hall–Kier alpha value is -2.93. The van der Waals surface area contributed by atoms with E-state index in [4.69, 9.17) is 4.74 Å². The molecule has 1 fully saturated rings. The van der Waals surface area contributed by atoms with Crippen LogP contribution >= 0.6 is 0 Å². The van der Waals surface area contributed by atoms with Crippen molar-refractivity contribution in [2.45, 2.75) is 6.92 Å². The highest BCUT2D eigenvalue weighted by atomic mass is 16.5. The van der Waals surface area contributed by atoms with Gasteiger partial charge in [0, 0.05) is 32.4 Å². The summed E-state index contributed by atoms with van der Waals surface area (Å²) in [6, 6.07) is 10.4. The molecular weight excluding hydrogens is 344 g/mol. The Morgan fingerprint density at radius 1 is 1.11 bits per heavy atom. The molecule has 0 saturated carbocycles. The van der Waals surface area contributed by atoms with Crippen molar-refractivity contribution in [2.24, 2.45) is 0 Å². The fourth-order valence-electron chi connectivity index (χ4n) is 2.92. The van der Waals surface area contributed by atoms with Crippen LogP contribution in [0.15, 0.2) is 42.6 Å². The number of likely N-dealkylation sites (N-methyl/N-ethyl adjacent to an activating group) is 1. The third kappa shape index (κ3) is 4.62. The fourth-order valence-corrected chi connectivity index (χ4v) is 2.92. The second kappa shape index (κ2) is 8.64. The van der Waals surface area contributed by atoms with E-state index < -0.39 is 5.97 Å². The maximum absolute atomic E-state index is 12.6. The molecule has 1 aliphatic rings. The number of nitrogens with one attached hydrogen (secondary N) is 1. The van der Waals surface area contributed by atoms with Crippen LogP contribution < -0.4 is 10.2 Å². The monoisotopic (exact) mass is 368 g/mol. The van der Waals surface area contributed by atoms with Gasteiger partial charge < -0.3 is 19.9 Å². The lowest BCUT2D eigenvalue weighted by molar-refractivity contribution is 0.0527. The average Bonchev–Trinajstić information content (AvgIpc) is 2.69. The van der Waals surface area contributed by atoms with E-state index in [1.165, 1.54) is 0 Å². The lowest BCUT2D eigenvalue weighted by Crippen LogP contribution is -2.44. The number of carbonyl (C=O) groups is 2. The van der Waals surface area contributed by atoms with Crippen molar-refractivity contribution in [1.82, 2.24) is 9.88 Å². The number of benzene rings is 1. The summed E-state index contributed by atoms with van der Waals surface area (Å²) in [4.78, 5) is 33.5. The Morgan fingerprint density at radius 2 is 1.85 bits per heavy atom. The maximum atomic E-state index is 12.6. The lowest BCUT2D eigenvalue weighted by atomic mass is 10.1. The predicted octanol–water partition coefficient (Wildman–Crippen LogP) is 2.26. The number of hydrogen-bond donors (Lipinski definition) is 1. The zero-order valence-electron chi connectivity index (χ0n) is 15.6. The van der Waals surface area contributed by atoms with Gasteiger partial charge in [-0.3, -0.25) is 4.79 Å². The molecule has 0 radical (unpaired) electrons. The Balaban J connectivity index is 1.69. The predicted molar refractivity (Wildman–Crippen MR) is 104 cm³/mol. The summed E-state index contributed by atoms with van der Waals surface area (Å²) in [5.74, 6) is 0.0905. The highest BCUT2D eigenvalue weighted by Crippen LogP contribution is 2.18. The van der Waals surface area contributed by atoms with Crippen molar-refractivity contribution < 1.29 is 14.3 Å². The molecular formula is C20H24N4O3. The molecule has 1 saturated heterocycles. The number of nitrogens with zero attached hydrogens (tertiary/aromatic N) is 3. The van der Waals surface area contributed by atoms with Crippen molar-refractivity contribution in [3.05, 3.63) is 53.7 Å². The summed E-state index contributed by atoms with van der Waals surface area (Å²) in [7, 11) is 2.10.